The normalized spacial score (nSPS) is 17.9. The topological polar surface area (TPSA) is 37.8 Å². The van der Waals surface area contributed by atoms with Gasteiger partial charge in [-0.05, 0) is 42.0 Å². The van der Waals surface area contributed by atoms with Gasteiger partial charge in [-0.2, -0.15) is 4.98 Å². The first-order valence-corrected chi connectivity index (χ1v) is 6.64. The van der Waals surface area contributed by atoms with Crippen molar-refractivity contribution in [3.8, 4) is 0 Å². The smallest absolute Gasteiger partial charge is 0.224 e. The summed E-state index contributed by atoms with van der Waals surface area (Å²) in [7, 11) is 0. The number of fused-ring (bicyclic) bond motifs is 1. The molecule has 0 bridgehead atoms. The Morgan fingerprint density at radius 2 is 2.16 bits per heavy atom. The van der Waals surface area contributed by atoms with E-state index in [4.69, 9.17) is 11.6 Å². The van der Waals surface area contributed by atoms with Crippen LogP contribution in [0.2, 0.25) is 5.28 Å². The van der Waals surface area contributed by atoms with Crippen molar-refractivity contribution < 1.29 is 4.39 Å². The van der Waals surface area contributed by atoms with Crippen LogP contribution in [-0.2, 0) is 6.42 Å². The number of rotatable bonds is 2. The maximum Gasteiger partial charge on any atom is 0.224 e. The number of nitrogens with one attached hydrogen (secondary N) is 1. The van der Waals surface area contributed by atoms with Crippen molar-refractivity contribution in [2.75, 3.05) is 5.32 Å². The molecule has 1 atom stereocenters. The monoisotopic (exact) mass is 277 g/mol. The minimum atomic E-state index is -0.479. The second kappa shape index (κ2) is 5.13. The zero-order chi connectivity index (χ0) is 13.2. The third kappa shape index (κ3) is 2.54. The van der Waals surface area contributed by atoms with E-state index < -0.39 is 5.82 Å². The van der Waals surface area contributed by atoms with Crippen LogP contribution < -0.4 is 5.32 Å². The van der Waals surface area contributed by atoms with E-state index in [1.54, 1.807) is 0 Å². The maximum atomic E-state index is 13.7. The lowest BCUT2D eigenvalue weighted by molar-refractivity contribution is 0.579. The Balaban J connectivity index is 1.90. The second-order valence-corrected chi connectivity index (χ2v) is 4.96. The molecule has 1 aliphatic carbocycles. The molecular formula is C14H13ClFN3. The van der Waals surface area contributed by atoms with Crippen molar-refractivity contribution in [3.63, 3.8) is 0 Å². The van der Waals surface area contributed by atoms with Gasteiger partial charge in [-0.15, -0.1) is 0 Å². The Morgan fingerprint density at radius 1 is 1.32 bits per heavy atom. The van der Waals surface area contributed by atoms with Gasteiger partial charge in [0.1, 0.15) is 0 Å². The lowest BCUT2D eigenvalue weighted by atomic mass is 9.88. The van der Waals surface area contributed by atoms with Gasteiger partial charge in [0.05, 0.1) is 12.2 Å². The number of aryl methyl sites for hydroxylation is 1. The molecule has 0 spiro atoms. The summed E-state index contributed by atoms with van der Waals surface area (Å²) >= 11 is 5.71. The summed E-state index contributed by atoms with van der Waals surface area (Å²) in [6, 6.07) is 8.30. The fourth-order valence-electron chi connectivity index (χ4n) is 2.52. The molecule has 98 valence electrons. The Hall–Kier alpha value is -1.68. The molecule has 5 heteroatoms. The van der Waals surface area contributed by atoms with Crippen molar-refractivity contribution in [1.29, 1.82) is 0 Å². The van der Waals surface area contributed by atoms with Gasteiger partial charge in [-0.1, -0.05) is 24.3 Å². The Labute approximate surface area is 115 Å². The van der Waals surface area contributed by atoms with Gasteiger partial charge in [0, 0.05) is 0 Å². The molecule has 0 saturated heterocycles. The molecule has 3 rings (SSSR count). The van der Waals surface area contributed by atoms with Crippen molar-refractivity contribution in [3.05, 3.63) is 52.7 Å². The fourth-order valence-corrected chi connectivity index (χ4v) is 2.65. The Morgan fingerprint density at radius 3 is 3.05 bits per heavy atom. The second-order valence-electron chi connectivity index (χ2n) is 4.62. The molecule has 2 aromatic rings. The zero-order valence-corrected chi connectivity index (χ0v) is 11.0. The first-order chi connectivity index (χ1) is 9.24. The van der Waals surface area contributed by atoms with E-state index >= 15 is 0 Å². The van der Waals surface area contributed by atoms with E-state index in [-0.39, 0.29) is 17.1 Å². The maximum absolute atomic E-state index is 13.7. The lowest BCUT2D eigenvalue weighted by Gasteiger charge is -2.26. The summed E-state index contributed by atoms with van der Waals surface area (Å²) in [4.78, 5) is 7.52. The Bertz CT molecular complexity index is 603. The average Bonchev–Trinajstić information content (AvgIpc) is 2.43. The minimum absolute atomic E-state index is 0.0491. The molecule has 19 heavy (non-hydrogen) atoms. The van der Waals surface area contributed by atoms with Gasteiger partial charge in [-0.3, -0.25) is 0 Å². The number of anilines is 1. The highest BCUT2D eigenvalue weighted by molar-refractivity contribution is 6.28. The SMILES string of the molecule is Fc1cnc(Cl)nc1NC1CCCc2ccccc21. The predicted octanol–water partition coefficient (Wildman–Crippen LogP) is 3.76. The van der Waals surface area contributed by atoms with Crippen LogP contribution in [0.5, 0.6) is 0 Å². The van der Waals surface area contributed by atoms with Crippen LogP contribution in [0.1, 0.15) is 30.0 Å². The van der Waals surface area contributed by atoms with Crippen LogP contribution in [-0.4, -0.2) is 9.97 Å². The van der Waals surface area contributed by atoms with Gasteiger partial charge >= 0.3 is 0 Å². The lowest BCUT2D eigenvalue weighted by Crippen LogP contribution is -2.18. The number of hydrogen-bond donors (Lipinski definition) is 1. The van der Waals surface area contributed by atoms with E-state index in [0.717, 1.165) is 25.5 Å². The van der Waals surface area contributed by atoms with Crippen LogP contribution in [0.15, 0.2) is 30.5 Å². The van der Waals surface area contributed by atoms with Crippen LogP contribution in [0.3, 0.4) is 0 Å². The van der Waals surface area contributed by atoms with Gasteiger partial charge in [-0.25, -0.2) is 9.37 Å². The zero-order valence-electron chi connectivity index (χ0n) is 10.2. The van der Waals surface area contributed by atoms with Crippen LogP contribution in [0, 0.1) is 5.82 Å². The molecule has 0 aliphatic heterocycles. The molecule has 0 radical (unpaired) electrons. The van der Waals surface area contributed by atoms with Gasteiger partial charge in [0.15, 0.2) is 11.6 Å². The molecule has 1 aromatic carbocycles. The van der Waals surface area contributed by atoms with E-state index in [9.17, 15) is 4.39 Å². The molecule has 1 heterocycles. The summed E-state index contributed by atoms with van der Waals surface area (Å²) < 4.78 is 13.7. The van der Waals surface area contributed by atoms with E-state index in [0.29, 0.717) is 0 Å². The summed E-state index contributed by atoms with van der Waals surface area (Å²) in [6.07, 6.45) is 4.20. The number of hydrogen-bond acceptors (Lipinski definition) is 3. The first-order valence-electron chi connectivity index (χ1n) is 6.26. The summed E-state index contributed by atoms with van der Waals surface area (Å²) in [5, 5.41) is 3.18. The van der Waals surface area contributed by atoms with E-state index in [2.05, 4.69) is 27.4 Å². The Kier molecular flexibility index (Phi) is 3.34. The van der Waals surface area contributed by atoms with Crippen LogP contribution in [0.4, 0.5) is 10.2 Å². The van der Waals surface area contributed by atoms with Crippen LogP contribution in [0.25, 0.3) is 0 Å². The molecule has 1 N–H and O–H groups in total. The quantitative estimate of drug-likeness (QED) is 0.850. The molecule has 0 amide bonds. The molecule has 1 unspecified atom stereocenters. The van der Waals surface area contributed by atoms with E-state index in [1.165, 1.54) is 11.1 Å². The summed E-state index contributed by atoms with van der Waals surface area (Å²) in [6.45, 7) is 0. The van der Waals surface area contributed by atoms with Gasteiger partial charge < -0.3 is 5.32 Å². The number of halogens is 2. The number of aromatic nitrogens is 2. The highest BCUT2D eigenvalue weighted by Crippen LogP contribution is 2.32. The summed E-state index contributed by atoms with van der Waals surface area (Å²) in [5.74, 6) is -0.311. The summed E-state index contributed by atoms with van der Waals surface area (Å²) in [5.41, 5.74) is 2.52. The van der Waals surface area contributed by atoms with E-state index in [1.807, 2.05) is 12.1 Å². The third-order valence-electron chi connectivity index (χ3n) is 3.40. The largest absolute Gasteiger partial charge is 0.361 e. The fraction of sp³-hybridized carbons (Fsp3) is 0.286. The molecule has 1 aromatic heterocycles. The predicted molar refractivity (Wildman–Crippen MR) is 72.7 cm³/mol. The van der Waals surface area contributed by atoms with Crippen molar-refractivity contribution in [1.82, 2.24) is 9.97 Å². The van der Waals surface area contributed by atoms with Crippen molar-refractivity contribution in [2.45, 2.75) is 25.3 Å². The highest BCUT2D eigenvalue weighted by Gasteiger charge is 2.21. The third-order valence-corrected chi connectivity index (χ3v) is 3.58. The minimum Gasteiger partial charge on any atom is -0.361 e. The van der Waals surface area contributed by atoms with Crippen LogP contribution >= 0.6 is 11.6 Å². The highest BCUT2D eigenvalue weighted by atomic mass is 35.5. The molecule has 1 aliphatic rings. The number of nitrogens with zero attached hydrogens (tertiary/aromatic N) is 2. The standard InChI is InChI=1S/C14H13ClFN3/c15-14-17-8-11(16)13(19-14)18-12-7-3-5-9-4-1-2-6-10(9)12/h1-2,4,6,8,12H,3,5,7H2,(H,17,18,19). The first kappa shape index (κ1) is 12.4. The average molecular weight is 278 g/mol. The van der Waals surface area contributed by atoms with Gasteiger partial charge in [0.2, 0.25) is 5.28 Å². The van der Waals surface area contributed by atoms with Crippen molar-refractivity contribution in [2.24, 2.45) is 0 Å². The van der Waals surface area contributed by atoms with Gasteiger partial charge in [0.25, 0.3) is 0 Å². The molecule has 3 nitrogen and oxygen atoms in total. The molecular weight excluding hydrogens is 265 g/mol. The molecule has 0 saturated carbocycles. The van der Waals surface area contributed by atoms with Crippen molar-refractivity contribution >= 4 is 17.4 Å². The number of benzene rings is 1. The molecule has 0 fully saturated rings.